The van der Waals surface area contributed by atoms with E-state index in [1.807, 2.05) is 10.8 Å². The Balaban J connectivity index is 2.14. The van der Waals surface area contributed by atoms with Gasteiger partial charge in [0.15, 0.2) is 5.78 Å². The lowest BCUT2D eigenvalue weighted by Gasteiger charge is -2.00. The van der Waals surface area contributed by atoms with E-state index in [4.69, 9.17) is 0 Å². The van der Waals surface area contributed by atoms with Crippen molar-refractivity contribution >= 4 is 33.0 Å². The monoisotopic (exact) mass is 298 g/mol. The molecule has 16 heavy (non-hydrogen) atoms. The van der Waals surface area contributed by atoms with E-state index in [1.54, 1.807) is 12.1 Å². The lowest BCUT2D eigenvalue weighted by atomic mass is 10.1. The minimum atomic E-state index is -0.284. The standard InChI is InChI=1S/C12H8BrFOS/c13-11-7-16-6-10(11)12(15)5-8-1-3-9(14)4-2-8/h1-4,6-7H,5H2. The Bertz CT molecular complexity index is 504. The summed E-state index contributed by atoms with van der Waals surface area (Å²) in [6.45, 7) is 0. The van der Waals surface area contributed by atoms with Crippen molar-refractivity contribution in [2.45, 2.75) is 6.42 Å². The van der Waals surface area contributed by atoms with Crippen molar-refractivity contribution in [2.75, 3.05) is 0 Å². The number of hydrogen-bond donors (Lipinski definition) is 0. The van der Waals surface area contributed by atoms with Gasteiger partial charge in [-0.15, -0.1) is 0 Å². The molecule has 0 radical (unpaired) electrons. The molecular weight excluding hydrogens is 291 g/mol. The molecule has 0 unspecified atom stereocenters. The number of hydrogen-bond acceptors (Lipinski definition) is 2. The van der Waals surface area contributed by atoms with Crippen molar-refractivity contribution in [3.8, 4) is 0 Å². The van der Waals surface area contributed by atoms with Crippen LogP contribution in [-0.4, -0.2) is 5.78 Å². The van der Waals surface area contributed by atoms with E-state index in [0.29, 0.717) is 12.0 Å². The summed E-state index contributed by atoms with van der Waals surface area (Å²) in [5.74, 6) is -0.243. The molecule has 2 aromatic rings. The minimum absolute atomic E-state index is 0.0414. The molecule has 0 atom stereocenters. The first-order chi connectivity index (χ1) is 7.66. The van der Waals surface area contributed by atoms with Gasteiger partial charge in [0, 0.05) is 27.2 Å². The van der Waals surface area contributed by atoms with Crippen LogP contribution in [0.2, 0.25) is 0 Å². The second-order valence-electron chi connectivity index (χ2n) is 3.36. The Labute approximate surface area is 105 Å². The summed E-state index contributed by atoms with van der Waals surface area (Å²) in [6, 6.07) is 6.00. The quantitative estimate of drug-likeness (QED) is 0.781. The third kappa shape index (κ3) is 2.57. The van der Waals surface area contributed by atoms with Crippen LogP contribution in [0.25, 0.3) is 0 Å². The molecule has 0 amide bonds. The summed E-state index contributed by atoms with van der Waals surface area (Å²) in [5, 5.41) is 3.69. The largest absolute Gasteiger partial charge is 0.294 e. The summed E-state index contributed by atoms with van der Waals surface area (Å²) >= 11 is 4.80. The fraction of sp³-hybridized carbons (Fsp3) is 0.0833. The summed E-state index contributed by atoms with van der Waals surface area (Å²) in [7, 11) is 0. The van der Waals surface area contributed by atoms with Crippen molar-refractivity contribution in [1.29, 1.82) is 0 Å². The van der Waals surface area contributed by atoms with Crippen molar-refractivity contribution in [2.24, 2.45) is 0 Å². The van der Waals surface area contributed by atoms with Gasteiger partial charge < -0.3 is 0 Å². The van der Waals surface area contributed by atoms with Gasteiger partial charge in [0.25, 0.3) is 0 Å². The smallest absolute Gasteiger partial charge is 0.169 e. The number of halogens is 2. The second kappa shape index (κ2) is 4.89. The average molecular weight is 299 g/mol. The topological polar surface area (TPSA) is 17.1 Å². The molecule has 82 valence electrons. The maximum atomic E-state index is 12.7. The summed E-state index contributed by atoms with van der Waals surface area (Å²) in [5.41, 5.74) is 1.51. The lowest BCUT2D eigenvalue weighted by molar-refractivity contribution is 0.0992. The Morgan fingerprint density at radius 1 is 1.25 bits per heavy atom. The van der Waals surface area contributed by atoms with E-state index < -0.39 is 0 Å². The molecule has 0 fully saturated rings. The molecule has 1 nitrogen and oxygen atoms in total. The zero-order chi connectivity index (χ0) is 11.5. The van der Waals surface area contributed by atoms with Gasteiger partial charge in [-0.1, -0.05) is 12.1 Å². The van der Waals surface area contributed by atoms with E-state index in [-0.39, 0.29) is 11.6 Å². The third-order valence-electron chi connectivity index (χ3n) is 2.19. The van der Waals surface area contributed by atoms with Crippen LogP contribution in [0.5, 0.6) is 0 Å². The highest BCUT2D eigenvalue weighted by Crippen LogP contribution is 2.22. The average Bonchev–Trinajstić information content (AvgIpc) is 2.68. The summed E-state index contributed by atoms with van der Waals surface area (Å²) < 4.78 is 13.5. The number of carbonyl (C=O) groups is 1. The zero-order valence-electron chi connectivity index (χ0n) is 8.24. The lowest BCUT2D eigenvalue weighted by Crippen LogP contribution is -2.02. The second-order valence-corrected chi connectivity index (χ2v) is 4.96. The van der Waals surface area contributed by atoms with Gasteiger partial charge in [0.1, 0.15) is 5.82 Å². The third-order valence-corrected chi connectivity index (χ3v) is 3.90. The molecule has 0 spiro atoms. The first kappa shape index (κ1) is 11.5. The van der Waals surface area contributed by atoms with Crippen LogP contribution in [0.3, 0.4) is 0 Å². The maximum absolute atomic E-state index is 12.7. The van der Waals surface area contributed by atoms with Gasteiger partial charge in [-0.25, -0.2) is 4.39 Å². The normalized spacial score (nSPS) is 10.4. The highest BCUT2D eigenvalue weighted by atomic mass is 79.9. The molecule has 0 N–H and O–H groups in total. The molecule has 0 saturated heterocycles. The van der Waals surface area contributed by atoms with E-state index in [9.17, 15) is 9.18 Å². The molecule has 1 aromatic heterocycles. The predicted molar refractivity (Wildman–Crippen MR) is 66.5 cm³/mol. The first-order valence-corrected chi connectivity index (χ1v) is 6.40. The van der Waals surface area contributed by atoms with Gasteiger partial charge in [-0.2, -0.15) is 11.3 Å². The molecule has 0 aliphatic heterocycles. The molecular formula is C12H8BrFOS. The zero-order valence-corrected chi connectivity index (χ0v) is 10.6. The van der Waals surface area contributed by atoms with E-state index in [1.165, 1.54) is 23.5 Å². The SMILES string of the molecule is O=C(Cc1ccc(F)cc1)c1cscc1Br. The minimum Gasteiger partial charge on any atom is -0.294 e. The summed E-state index contributed by atoms with van der Waals surface area (Å²) in [4.78, 5) is 11.9. The molecule has 1 aromatic carbocycles. The number of benzene rings is 1. The van der Waals surface area contributed by atoms with Gasteiger partial charge in [-0.05, 0) is 33.6 Å². The first-order valence-electron chi connectivity index (χ1n) is 4.66. The van der Waals surface area contributed by atoms with E-state index >= 15 is 0 Å². The molecule has 0 bridgehead atoms. The van der Waals surface area contributed by atoms with Crippen molar-refractivity contribution in [3.05, 3.63) is 56.4 Å². The Morgan fingerprint density at radius 3 is 2.50 bits per heavy atom. The predicted octanol–water partition coefficient (Wildman–Crippen LogP) is 4.08. The molecule has 2 rings (SSSR count). The Morgan fingerprint density at radius 2 is 1.94 bits per heavy atom. The maximum Gasteiger partial charge on any atom is 0.169 e. The van der Waals surface area contributed by atoms with E-state index in [0.717, 1.165) is 10.0 Å². The number of rotatable bonds is 3. The fourth-order valence-corrected chi connectivity index (χ4v) is 2.88. The van der Waals surface area contributed by atoms with Crippen molar-refractivity contribution in [3.63, 3.8) is 0 Å². The van der Waals surface area contributed by atoms with Crippen LogP contribution in [0.1, 0.15) is 15.9 Å². The number of Topliss-reactive ketones (excluding diaryl/α,β-unsaturated/α-hetero) is 1. The van der Waals surface area contributed by atoms with Crippen LogP contribution >= 0.6 is 27.3 Å². The molecule has 0 saturated carbocycles. The highest BCUT2D eigenvalue weighted by molar-refractivity contribution is 9.10. The van der Waals surface area contributed by atoms with Crippen LogP contribution in [0, 0.1) is 5.82 Å². The van der Waals surface area contributed by atoms with Crippen LogP contribution < -0.4 is 0 Å². The Kier molecular flexibility index (Phi) is 3.51. The number of carbonyl (C=O) groups excluding carboxylic acids is 1. The van der Waals surface area contributed by atoms with Crippen molar-refractivity contribution < 1.29 is 9.18 Å². The molecule has 0 aliphatic rings. The van der Waals surface area contributed by atoms with Gasteiger partial charge >= 0.3 is 0 Å². The van der Waals surface area contributed by atoms with Gasteiger partial charge in [-0.3, -0.25) is 4.79 Å². The van der Waals surface area contributed by atoms with Gasteiger partial charge in [0.05, 0.1) is 0 Å². The molecule has 1 heterocycles. The Hall–Kier alpha value is -1.00. The van der Waals surface area contributed by atoms with Crippen LogP contribution in [0.15, 0.2) is 39.5 Å². The van der Waals surface area contributed by atoms with Crippen LogP contribution in [-0.2, 0) is 6.42 Å². The van der Waals surface area contributed by atoms with Gasteiger partial charge in [0.2, 0.25) is 0 Å². The highest BCUT2D eigenvalue weighted by Gasteiger charge is 2.11. The summed E-state index contributed by atoms with van der Waals surface area (Å²) in [6.07, 6.45) is 0.301. The van der Waals surface area contributed by atoms with Crippen LogP contribution in [0.4, 0.5) is 4.39 Å². The number of thiophene rings is 1. The van der Waals surface area contributed by atoms with Crippen molar-refractivity contribution in [1.82, 2.24) is 0 Å². The fourth-order valence-electron chi connectivity index (χ4n) is 1.36. The molecule has 4 heteroatoms. The number of ketones is 1. The van der Waals surface area contributed by atoms with E-state index in [2.05, 4.69) is 15.9 Å². The molecule has 0 aliphatic carbocycles.